The van der Waals surface area contributed by atoms with Crippen LogP contribution in [0, 0.1) is 11.3 Å². The molecule has 1 saturated carbocycles. The molecule has 0 bridgehead atoms. The van der Waals surface area contributed by atoms with Crippen LogP contribution in [0.3, 0.4) is 0 Å². The van der Waals surface area contributed by atoms with E-state index in [2.05, 4.69) is 75.2 Å². The van der Waals surface area contributed by atoms with Crippen molar-refractivity contribution in [2.24, 2.45) is 11.3 Å². The van der Waals surface area contributed by atoms with E-state index in [9.17, 15) is 0 Å². The maximum atomic E-state index is 3.84. The minimum absolute atomic E-state index is 0.0747. The van der Waals surface area contributed by atoms with Gasteiger partial charge in [0.2, 0.25) is 0 Å². The molecule has 1 N–H and O–H groups in total. The molecule has 2 fully saturated rings. The SMILES string of the molecule is CC(C)C1CNC(C)(c2ccccc2)CN1C1CC1(C)C. The second-order valence-electron chi connectivity index (χ2n) is 8.27. The Morgan fingerprint density at radius 1 is 1.14 bits per heavy atom. The first-order chi connectivity index (χ1) is 9.83. The Bertz CT molecular complexity index is 494. The lowest BCUT2D eigenvalue weighted by Gasteiger charge is -2.49. The van der Waals surface area contributed by atoms with E-state index in [0.29, 0.717) is 17.4 Å². The van der Waals surface area contributed by atoms with Crippen LogP contribution in [0.1, 0.15) is 46.6 Å². The Hall–Kier alpha value is -0.860. The molecule has 1 aromatic rings. The summed E-state index contributed by atoms with van der Waals surface area (Å²) in [5, 5.41) is 3.84. The van der Waals surface area contributed by atoms with E-state index in [1.54, 1.807) is 0 Å². The van der Waals surface area contributed by atoms with Crippen LogP contribution in [0.15, 0.2) is 30.3 Å². The standard InChI is InChI=1S/C19H30N2/c1-14(2)16-12-20-19(5,15-9-7-6-8-10-15)13-21(16)17-11-18(17,3)4/h6-10,14,16-17,20H,11-13H2,1-5H3. The summed E-state index contributed by atoms with van der Waals surface area (Å²) in [6.07, 6.45) is 1.35. The minimum Gasteiger partial charge on any atom is -0.305 e. The molecule has 2 nitrogen and oxygen atoms in total. The fraction of sp³-hybridized carbons (Fsp3) is 0.684. The molecule has 0 amide bonds. The van der Waals surface area contributed by atoms with E-state index in [1.165, 1.54) is 12.0 Å². The highest BCUT2D eigenvalue weighted by molar-refractivity contribution is 5.26. The van der Waals surface area contributed by atoms with Gasteiger partial charge >= 0.3 is 0 Å². The van der Waals surface area contributed by atoms with Crippen LogP contribution in [0.2, 0.25) is 0 Å². The minimum atomic E-state index is 0.0747. The van der Waals surface area contributed by atoms with Gasteiger partial charge in [0.05, 0.1) is 5.54 Å². The van der Waals surface area contributed by atoms with E-state index >= 15 is 0 Å². The molecular formula is C19H30N2. The van der Waals surface area contributed by atoms with Crippen LogP contribution < -0.4 is 5.32 Å². The highest BCUT2D eigenvalue weighted by Crippen LogP contribution is 2.51. The molecule has 1 heterocycles. The van der Waals surface area contributed by atoms with Gasteiger partial charge in [0.25, 0.3) is 0 Å². The van der Waals surface area contributed by atoms with Crippen molar-refractivity contribution in [2.75, 3.05) is 13.1 Å². The summed E-state index contributed by atoms with van der Waals surface area (Å²) in [7, 11) is 0. The number of piperazine rings is 1. The molecular weight excluding hydrogens is 256 g/mol. The van der Waals surface area contributed by atoms with Crippen LogP contribution in [-0.2, 0) is 5.54 Å². The average Bonchev–Trinajstić information content (AvgIpc) is 3.08. The maximum absolute atomic E-state index is 3.84. The molecule has 1 saturated heterocycles. The summed E-state index contributed by atoms with van der Waals surface area (Å²) < 4.78 is 0. The smallest absolute Gasteiger partial charge is 0.0535 e. The second kappa shape index (κ2) is 5.10. The van der Waals surface area contributed by atoms with Gasteiger partial charge in [-0.15, -0.1) is 0 Å². The Kier molecular flexibility index (Phi) is 3.66. The van der Waals surface area contributed by atoms with Crippen LogP contribution in [-0.4, -0.2) is 30.1 Å². The number of hydrogen-bond donors (Lipinski definition) is 1. The summed E-state index contributed by atoms with van der Waals surface area (Å²) >= 11 is 0. The summed E-state index contributed by atoms with van der Waals surface area (Å²) in [5.41, 5.74) is 1.99. The number of rotatable bonds is 3. The van der Waals surface area contributed by atoms with E-state index in [0.717, 1.165) is 19.1 Å². The second-order valence-corrected chi connectivity index (χ2v) is 8.27. The summed E-state index contributed by atoms with van der Waals surface area (Å²) in [6, 6.07) is 12.4. The largest absolute Gasteiger partial charge is 0.305 e. The van der Waals surface area contributed by atoms with E-state index in [1.807, 2.05) is 0 Å². The van der Waals surface area contributed by atoms with Gasteiger partial charge in [-0.25, -0.2) is 0 Å². The van der Waals surface area contributed by atoms with Gasteiger partial charge in [-0.05, 0) is 30.2 Å². The maximum Gasteiger partial charge on any atom is 0.0535 e. The Labute approximate surface area is 129 Å². The number of benzene rings is 1. The van der Waals surface area contributed by atoms with E-state index in [4.69, 9.17) is 0 Å². The molecule has 0 radical (unpaired) electrons. The molecule has 3 atom stereocenters. The van der Waals surface area contributed by atoms with Gasteiger partial charge < -0.3 is 5.32 Å². The zero-order chi connectivity index (χ0) is 15.3. The van der Waals surface area contributed by atoms with Crippen molar-refractivity contribution < 1.29 is 0 Å². The molecule has 3 unspecified atom stereocenters. The zero-order valence-electron chi connectivity index (χ0n) is 14.2. The first-order valence-corrected chi connectivity index (χ1v) is 8.40. The van der Waals surface area contributed by atoms with Gasteiger partial charge in [0.1, 0.15) is 0 Å². The highest BCUT2D eigenvalue weighted by atomic mass is 15.3. The van der Waals surface area contributed by atoms with Crippen molar-refractivity contribution in [1.29, 1.82) is 0 Å². The van der Waals surface area contributed by atoms with Gasteiger partial charge in [0.15, 0.2) is 0 Å². The van der Waals surface area contributed by atoms with Gasteiger partial charge in [0, 0.05) is 25.2 Å². The predicted molar refractivity (Wildman–Crippen MR) is 89.3 cm³/mol. The molecule has 1 aromatic carbocycles. The lowest BCUT2D eigenvalue weighted by atomic mass is 9.85. The van der Waals surface area contributed by atoms with Crippen molar-refractivity contribution in [2.45, 2.75) is 58.7 Å². The normalized spacial score (nSPS) is 35.9. The first-order valence-electron chi connectivity index (χ1n) is 8.40. The third kappa shape index (κ3) is 2.76. The van der Waals surface area contributed by atoms with Gasteiger partial charge in [-0.2, -0.15) is 0 Å². The molecule has 3 rings (SSSR count). The number of hydrogen-bond acceptors (Lipinski definition) is 2. The summed E-state index contributed by atoms with van der Waals surface area (Å²) in [4.78, 5) is 2.80. The summed E-state index contributed by atoms with van der Waals surface area (Å²) in [5.74, 6) is 0.703. The van der Waals surface area contributed by atoms with E-state index in [-0.39, 0.29) is 5.54 Å². The quantitative estimate of drug-likeness (QED) is 0.913. The molecule has 1 aliphatic carbocycles. The lowest BCUT2D eigenvalue weighted by Crippen LogP contribution is -2.63. The van der Waals surface area contributed by atoms with Crippen LogP contribution in [0.4, 0.5) is 0 Å². The number of nitrogens with zero attached hydrogens (tertiary/aromatic N) is 1. The Balaban J connectivity index is 1.85. The third-order valence-electron chi connectivity index (χ3n) is 5.67. The highest BCUT2D eigenvalue weighted by Gasteiger charge is 2.54. The molecule has 2 aliphatic rings. The first kappa shape index (κ1) is 15.1. The van der Waals surface area contributed by atoms with E-state index < -0.39 is 0 Å². The topological polar surface area (TPSA) is 15.3 Å². The molecule has 0 aromatic heterocycles. The van der Waals surface area contributed by atoms with Crippen molar-refractivity contribution in [3.8, 4) is 0 Å². The van der Waals surface area contributed by atoms with Crippen molar-refractivity contribution >= 4 is 0 Å². The van der Waals surface area contributed by atoms with Crippen LogP contribution in [0.5, 0.6) is 0 Å². The molecule has 116 valence electrons. The lowest BCUT2D eigenvalue weighted by molar-refractivity contribution is 0.0445. The summed E-state index contributed by atoms with van der Waals surface area (Å²) in [6.45, 7) is 14.1. The number of nitrogens with one attached hydrogen (secondary N) is 1. The average molecular weight is 286 g/mol. The Morgan fingerprint density at radius 2 is 1.76 bits per heavy atom. The molecule has 2 heteroatoms. The third-order valence-corrected chi connectivity index (χ3v) is 5.67. The molecule has 21 heavy (non-hydrogen) atoms. The van der Waals surface area contributed by atoms with Crippen LogP contribution in [0.25, 0.3) is 0 Å². The van der Waals surface area contributed by atoms with Crippen LogP contribution >= 0.6 is 0 Å². The monoisotopic (exact) mass is 286 g/mol. The zero-order valence-corrected chi connectivity index (χ0v) is 14.2. The fourth-order valence-electron chi connectivity index (χ4n) is 3.95. The molecule has 0 spiro atoms. The molecule has 1 aliphatic heterocycles. The van der Waals surface area contributed by atoms with Gasteiger partial charge in [-0.1, -0.05) is 58.0 Å². The van der Waals surface area contributed by atoms with Crippen molar-refractivity contribution in [3.63, 3.8) is 0 Å². The fourth-order valence-corrected chi connectivity index (χ4v) is 3.95. The van der Waals surface area contributed by atoms with Crippen molar-refractivity contribution in [1.82, 2.24) is 10.2 Å². The van der Waals surface area contributed by atoms with Gasteiger partial charge in [-0.3, -0.25) is 4.90 Å². The van der Waals surface area contributed by atoms with Crippen molar-refractivity contribution in [3.05, 3.63) is 35.9 Å². The Morgan fingerprint density at radius 3 is 2.29 bits per heavy atom. The predicted octanol–water partition coefficient (Wildman–Crippen LogP) is 3.63.